The van der Waals surface area contributed by atoms with Crippen LogP contribution in [0.25, 0.3) is 0 Å². The summed E-state index contributed by atoms with van der Waals surface area (Å²) in [4.78, 5) is 17.3. The number of para-hydroxylation sites is 1. The molecule has 0 saturated heterocycles. The van der Waals surface area contributed by atoms with Crippen LogP contribution in [0.15, 0.2) is 52.3 Å². The largest absolute Gasteiger partial charge is 0.468 e. The molecule has 3 nitrogen and oxygen atoms in total. The lowest BCUT2D eigenvalue weighted by molar-refractivity contribution is -0.142. The lowest BCUT2D eigenvalue weighted by Gasteiger charge is -2.34. The lowest BCUT2D eigenvalue weighted by atomic mass is 9.86. The molecule has 0 N–H and O–H groups in total. The van der Waals surface area contributed by atoms with Crippen molar-refractivity contribution in [3.8, 4) is 0 Å². The maximum Gasteiger partial charge on any atom is 0.321 e. The third-order valence-corrected chi connectivity index (χ3v) is 9.88. The zero-order valence-electron chi connectivity index (χ0n) is 20.8. The predicted octanol–water partition coefficient (Wildman–Crippen LogP) is 8.03. The Morgan fingerprint density at radius 3 is 2.61 bits per heavy atom. The van der Waals surface area contributed by atoms with Crippen LogP contribution in [-0.4, -0.2) is 36.4 Å². The van der Waals surface area contributed by atoms with Crippen molar-refractivity contribution in [3.63, 3.8) is 0 Å². The number of carbonyl (C=O) groups excluding carboxylic acids is 1. The third-order valence-electron chi connectivity index (χ3n) is 6.24. The summed E-state index contributed by atoms with van der Waals surface area (Å²) in [6.45, 7) is 9.63. The van der Waals surface area contributed by atoms with E-state index in [-0.39, 0.29) is 11.4 Å². The fourth-order valence-electron chi connectivity index (χ4n) is 4.14. The highest BCUT2D eigenvalue weighted by molar-refractivity contribution is 8.01. The van der Waals surface area contributed by atoms with Gasteiger partial charge in [-0.2, -0.15) is 0 Å². The molecule has 2 aromatic rings. The molecule has 0 radical (unpaired) electrons. The molecular formula is C27H37NO2S3. The first-order valence-electron chi connectivity index (χ1n) is 11.6. The molecule has 0 spiro atoms. The van der Waals surface area contributed by atoms with Crippen molar-refractivity contribution in [2.24, 2.45) is 5.41 Å². The number of hydrogen-bond acceptors (Lipinski definition) is 6. The number of nitrogens with zero attached hydrogens (tertiary/aromatic N) is 1. The molecule has 6 heteroatoms. The first-order valence-corrected chi connectivity index (χ1v) is 14.8. The van der Waals surface area contributed by atoms with Crippen LogP contribution in [0.2, 0.25) is 0 Å². The number of methoxy groups -OCH3 is 1. The first kappa shape index (κ1) is 26.4. The number of thioether (sulfide) groups is 3. The third kappa shape index (κ3) is 6.46. The number of unbranched alkanes of at least 4 members (excludes halogenated alkanes) is 1. The molecule has 0 amide bonds. The summed E-state index contributed by atoms with van der Waals surface area (Å²) < 4.78 is 4.44. The normalized spacial score (nSPS) is 18.5. The van der Waals surface area contributed by atoms with E-state index in [1.165, 1.54) is 53.1 Å². The summed E-state index contributed by atoms with van der Waals surface area (Å²) in [7, 11) is 1.46. The van der Waals surface area contributed by atoms with Gasteiger partial charge < -0.3 is 9.64 Å². The Morgan fingerprint density at radius 2 is 1.97 bits per heavy atom. The molecule has 0 bridgehead atoms. The van der Waals surface area contributed by atoms with Crippen molar-refractivity contribution in [1.29, 1.82) is 0 Å². The smallest absolute Gasteiger partial charge is 0.321 e. The number of hydrogen-bond donors (Lipinski definition) is 0. The quantitative estimate of drug-likeness (QED) is 0.254. The van der Waals surface area contributed by atoms with Crippen molar-refractivity contribution >= 4 is 52.6 Å². The highest BCUT2D eigenvalue weighted by Gasteiger charge is 2.34. The van der Waals surface area contributed by atoms with Gasteiger partial charge in [0.1, 0.15) is 4.75 Å². The minimum atomic E-state index is -0.570. The first-order chi connectivity index (χ1) is 15.7. The summed E-state index contributed by atoms with van der Waals surface area (Å²) in [5.74, 6) is 1.72. The van der Waals surface area contributed by atoms with Gasteiger partial charge in [0.25, 0.3) is 0 Å². The molecule has 1 atom stereocenters. The van der Waals surface area contributed by atoms with E-state index in [0.29, 0.717) is 0 Å². The molecular weight excluding hydrogens is 467 g/mol. The fraction of sp³-hybridized carbons (Fsp3) is 0.519. The summed E-state index contributed by atoms with van der Waals surface area (Å²) in [6.07, 6.45) is 5.87. The average Bonchev–Trinajstić information content (AvgIpc) is 2.97. The Labute approximate surface area is 212 Å². The van der Waals surface area contributed by atoms with Gasteiger partial charge in [-0.25, -0.2) is 0 Å². The van der Waals surface area contributed by atoms with E-state index in [2.05, 4.69) is 67.5 Å². The molecule has 1 aliphatic rings. The second-order valence-electron chi connectivity index (χ2n) is 9.55. The summed E-state index contributed by atoms with van der Waals surface area (Å²) >= 11 is 5.42. The molecule has 3 rings (SSSR count). The van der Waals surface area contributed by atoms with Crippen molar-refractivity contribution in [1.82, 2.24) is 0 Å². The van der Waals surface area contributed by atoms with E-state index in [4.69, 9.17) is 4.74 Å². The van der Waals surface area contributed by atoms with Gasteiger partial charge >= 0.3 is 5.97 Å². The Kier molecular flexibility index (Phi) is 9.16. The molecule has 1 aliphatic heterocycles. The van der Waals surface area contributed by atoms with Gasteiger partial charge in [0.15, 0.2) is 0 Å². The Hall–Kier alpha value is -1.24. The minimum Gasteiger partial charge on any atom is -0.468 e. The average molecular weight is 504 g/mol. The second kappa shape index (κ2) is 11.5. The van der Waals surface area contributed by atoms with Crippen LogP contribution in [-0.2, 0) is 15.3 Å². The van der Waals surface area contributed by atoms with Gasteiger partial charge in [0.2, 0.25) is 0 Å². The number of carbonyl (C=O) groups is 1. The standard InChI is InChI=1S/C27H37NO2S3/c1-7-8-14-27(4)18-28(21-12-10-9-11-13-21)22-16-23(31-6)20(15-24(22)32-19-27)17-33-26(2,3)25(29)30-5/h9-13,15-16H,7-8,14,17-19H2,1-6H3. The van der Waals surface area contributed by atoms with Crippen LogP contribution in [0.3, 0.4) is 0 Å². The molecule has 33 heavy (non-hydrogen) atoms. The molecule has 2 aromatic carbocycles. The molecule has 0 aliphatic carbocycles. The van der Waals surface area contributed by atoms with Crippen LogP contribution in [0.5, 0.6) is 0 Å². The van der Waals surface area contributed by atoms with E-state index >= 15 is 0 Å². The number of esters is 1. The SMILES string of the molecule is CCCCC1(C)CSc2cc(CSC(C)(C)C(=O)OC)c(SC)cc2N(c2ccccc2)C1. The van der Waals surface area contributed by atoms with Gasteiger partial charge in [0.05, 0.1) is 12.8 Å². The molecule has 1 heterocycles. The number of benzene rings is 2. The molecule has 0 fully saturated rings. The zero-order valence-corrected chi connectivity index (χ0v) is 23.2. The highest BCUT2D eigenvalue weighted by Crippen LogP contribution is 2.47. The number of fused-ring (bicyclic) bond motifs is 1. The van der Waals surface area contributed by atoms with Gasteiger partial charge in [-0.15, -0.1) is 35.3 Å². The molecule has 1 unspecified atom stereocenters. The topological polar surface area (TPSA) is 29.5 Å². The van der Waals surface area contributed by atoms with Crippen molar-refractivity contribution in [2.45, 2.75) is 67.2 Å². The summed E-state index contributed by atoms with van der Waals surface area (Å²) in [6, 6.07) is 15.5. The van der Waals surface area contributed by atoms with E-state index in [9.17, 15) is 4.79 Å². The Morgan fingerprint density at radius 1 is 1.24 bits per heavy atom. The predicted molar refractivity (Wildman–Crippen MR) is 147 cm³/mol. The number of rotatable bonds is 9. The Bertz CT molecular complexity index is 948. The maximum atomic E-state index is 12.2. The lowest BCUT2D eigenvalue weighted by Crippen LogP contribution is -2.33. The number of ether oxygens (including phenoxy) is 1. The summed E-state index contributed by atoms with van der Waals surface area (Å²) in [5.41, 5.74) is 4.10. The van der Waals surface area contributed by atoms with Crippen molar-refractivity contribution < 1.29 is 9.53 Å². The zero-order chi connectivity index (χ0) is 24.1. The van der Waals surface area contributed by atoms with Gasteiger partial charge in [-0.1, -0.05) is 44.9 Å². The van der Waals surface area contributed by atoms with E-state index < -0.39 is 4.75 Å². The van der Waals surface area contributed by atoms with Crippen molar-refractivity contribution in [3.05, 3.63) is 48.0 Å². The second-order valence-corrected chi connectivity index (χ2v) is 13.0. The molecule has 180 valence electrons. The van der Waals surface area contributed by atoms with Gasteiger partial charge in [-0.05, 0) is 61.8 Å². The Balaban J connectivity index is 2.00. The van der Waals surface area contributed by atoms with E-state index in [1.807, 2.05) is 25.6 Å². The molecule has 0 saturated carbocycles. The highest BCUT2D eigenvalue weighted by atomic mass is 32.2. The maximum absolute atomic E-state index is 12.2. The van der Waals surface area contributed by atoms with Crippen molar-refractivity contribution in [2.75, 3.05) is 30.6 Å². The minimum absolute atomic E-state index is 0.177. The van der Waals surface area contributed by atoms with E-state index in [0.717, 1.165) is 18.1 Å². The molecule has 0 aromatic heterocycles. The van der Waals surface area contributed by atoms with Crippen LogP contribution in [0, 0.1) is 5.41 Å². The number of anilines is 2. The van der Waals surface area contributed by atoms with Gasteiger partial charge in [-0.3, -0.25) is 4.79 Å². The van der Waals surface area contributed by atoms with Crippen LogP contribution < -0.4 is 4.90 Å². The summed E-state index contributed by atoms with van der Waals surface area (Å²) in [5, 5.41) is 0. The fourth-order valence-corrected chi connectivity index (χ4v) is 7.09. The van der Waals surface area contributed by atoms with Gasteiger partial charge in [0, 0.05) is 33.5 Å². The van der Waals surface area contributed by atoms with E-state index in [1.54, 1.807) is 23.5 Å². The van der Waals surface area contributed by atoms with Crippen LogP contribution in [0.4, 0.5) is 11.4 Å². The van der Waals surface area contributed by atoms with Crippen LogP contribution >= 0.6 is 35.3 Å². The monoisotopic (exact) mass is 503 g/mol. The van der Waals surface area contributed by atoms with Crippen LogP contribution in [0.1, 0.15) is 52.5 Å².